The van der Waals surface area contributed by atoms with Crippen LogP contribution < -0.4 is 10.1 Å². The Morgan fingerprint density at radius 1 is 0.944 bits per heavy atom. The van der Waals surface area contributed by atoms with E-state index in [1.807, 2.05) is 36.5 Å². The van der Waals surface area contributed by atoms with Crippen molar-refractivity contribution in [3.8, 4) is 28.3 Å². The molecule has 1 aliphatic rings. The topological polar surface area (TPSA) is 76.5 Å². The quantitative estimate of drug-likeness (QED) is 0.315. The van der Waals surface area contributed by atoms with Crippen LogP contribution in [0.15, 0.2) is 84.0 Å². The zero-order chi connectivity index (χ0) is 24.9. The Balaban J connectivity index is 1.44. The molecule has 2 heterocycles. The zero-order valence-corrected chi connectivity index (χ0v) is 19.9. The fourth-order valence-electron chi connectivity index (χ4n) is 4.12. The number of rotatable bonds is 8. The van der Waals surface area contributed by atoms with Gasteiger partial charge in [0.25, 0.3) is 5.91 Å². The summed E-state index contributed by atoms with van der Waals surface area (Å²) in [5, 5.41) is 2.98. The minimum Gasteiger partial charge on any atom is -0.497 e. The summed E-state index contributed by atoms with van der Waals surface area (Å²) in [5.74, 6) is 0.256. The van der Waals surface area contributed by atoms with Crippen LogP contribution in [-0.2, 0) is 0 Å². The maximum Gasteiger partial charge on any atom is 0.251 e. The molecule has 4 aromatic rings. The molecule has 3 aromatic carbocycles. The smallest absolute Gasteiger partial charge is 0.251 e. The molecule has 1 aliphatic heterocycles. The summed E-state index contributed by atoms with van der Waals surface area (Å²) in [7, 11) is 1.61. The highest BCUT2D eigenvalue weighted by atomic mass is 19.1. The van der Waals surface area contributed by atoms with E-state index in [9.17, 15) is 9.18 Å². The largest absolute Gasteiger partial charge is 0.497 e. The number of aromatic nitrogens is 2. The number of hydrogen-bond acceptors (Lipinski definition) is 5. The van der Waals surface area contributed by atoms with Crippen molar-refractivity contribution in [2.75, 3.05) is 13.7 Å². The highest BCUT2D eigenvalue weighted by Gasteiger charge is 2.15. The molecule has 0 atom stereocenters. The predicted octanol–water partition coefficient (Wildman–Crippen LogP) is 5.98. The molecular formula is C29H25FN4O2. The van der Waals surface area contributed by atoms with Crippen molar-refractivity contribution < 1.29 is 13.9 Å². The number of hydrogen-bond donors (Lipinski definition) is 1. The molecule has 1 amide bonds. The zero-order valence-electron chi connectivity index (χ0n) is 19.9. The third kappa shape index (κ3) is 5.15. The Labute approximate surface area is 208 Å². The summed E-state index contributed by atoms with van der Waals surface area (Å²) >= 11 is 0. The van der Waals surface area contributed by atoms with Crippen LogP contribution in [0.1, 0.15) is 29.6 Å². The van der Waals surface area contributed by atoms with Gasteiger partial charge in [-0.05, 0) is 79.6 Å². The van der Waals surface area contributed by atoms with Gasteiger partial charge in [-0.3, -0.25) is 9.79 Å². The van der Waals surface area contributed by atoms with Gasteiger partial charge in [-0.15, -0.1) is 0 Å². The highest BCUT2D eigenvalue weighted by Crippen LogP contribution is 2.32. The standard InChI is InChI=1S/C29H25FN4O2/c1-36-24-13-8-20(9-14-24)28-27(19-6-11-22(30)12-7-19)33-25-15-10-21(18-26(25)34-28)29(35)32-17-3-5-23-4-2-16-31-23/h2,6-16,18H,3-5,17H2,1H3,(H,32,35). The number of ether oxygens (including phenoxy) is 1. The molecule has 0 saturated carbocycles. The molecule has 36 heavy (non-hydrogen) atoms. The van der Waals surface area contributed by atoms with Crippen molar-refractivity contribution >= 4 is 22.7 Å². The SMILES string of the molecule is COc1ccc(-c2nc3cc(C(=O)NCCCC4=NC=CC4)ccc3nc2-c2ccc(F)cc2)cc1. The molecule has 6 nitrogen and oxygen atoms in total. The van der Waals surface area contributed by atoms with Gasteiger partial charge >= 0.3 is 0 Å². The first kappa shape index (κ1) is 23.4. The van der Waals surface area contributed by atoms with Crippen LogP contribution in [0.4, 0.5) is 4.39 Å². The van der Waals surface area contributed by atoms with E-state index in [-0.39, 0.29) is 11.7 Å². The molecule has 0 saturated heterocycles. The van der Waals surface area contributed by atoms with E-state index >= 15 is 0 Å². The lowest BCUT2D eigenvalue weighted by molar-refractivity contribution is 0.0953. The molecule has 5 rings (SSSR count). The van der Waals surface area contributed by atoms with Crippen molar-refractivity contribution in [2.24, 2.45) is 4.99 Å². The number of aliphatic imine (C=N–C) groups is 1. The molecule has 0 fully saturated rings. The van der Waals surface area contributed by atoms with Crippen molar-refractivity contribution in [3.63, 3.8) is 0 Å². The predicted molar refractivity (Wildman–Crippen MR) is 140 cm³/mol. The lowest BCUT2D eigenvalue weighted by Gasteiger charge is -2.12. The Hall–Kier alpha value is -4.39. The van der Waals surface area contributed by atoms with Gasteiger partial charge in [-0.1, -0.05) is 6.08 Å². The van der Waals surface area contributed by atoms with Crippen molar-refractivity contribution in [1.82, 2.24) is 15.3 Å². The normalized spacial score (nSPS) is 12.6. The van der Waals surface area contributed by atoms with Crippen molar-refractivity contribution in [1.29, 1.82) is 0 Å². The Kier molecular flexibility index (Phi) is 6.80. The number of allylic oxidation sites excluding steroid dienone is 1. The second-order valence-electron chi connectivity index (χ2n) is 8.50. The Bertz CT molecular complexity index is 1460. The van der Waals surface area contributed by atoms with E-state index < -0.39 is 0 Å². The second-order valence-corrected chi connectivity index (χ2v) is 8.50. The first-order valence-corrected chi connectivity index (χ1v) is 11.8. The molecule has 0 bridgehead atoms. The number of fused-ring (bicyclic) bond motifs is 1. The fourth-order valence-corrected chi connectivity index (χ4v) is 4.12. The van der Waals surface area contributed by atoms with Crippen LogP contribution in [0.5, 0.6) is 5.75 Å². The number of amides is 1. The average molecular weight is 481 g/mol. The molecule has 180 valence electrons. The number of methoxy groups -OCH3 is 1. The number of nitrogens with one attached hydrogen (secondary N) is 1. The summed E-state index contributed by atoms with van der Waals surface area (Å²) in [4.78, 5) is 26.8. The van der Waals surface area contributed by atoms with Gasteiger partial charge in [0.15, 0.2) is 0 Å². The van der Waals surface area contributed by atoms with Crippen LogP contribution in [0, 0.1) is 5.82 Å². The number of carbonyl (C=O) groups excluding carboxylic acids is 1. The van der Waals surface area contributed by atoms with Gasteiger partial charge in [-0.2, -0.15) is 0 Å². The van der Waals surface area contributed by atoms with Gasteiger partial charge in [0.1, 0.15) is 11.6 Å². The molecule has 1 N–H and O–H groups in total. The van der Waals surface area contributed by atoms with Gasteiger partial charge in [-0.25, -0.2) is 14.4 Å². The number of halogens is 1. The molecular weight excluding hydrogens is 455 g/mol. The molecule has 7 heteroatoms. The van der Waals surface area contributed by atoms with E-state index in [0.717, 1.165) is 41.9 Å². The fraction of sp³-hybridized carbons (Fsp3) is 0.172. The maximum atomic E-state index is 13.6. The minimum absolute atomic E-state index is 0.154. The third-order valence-electron chi connectivity index (χ3n) is 6.05. The van der Waals surface area contributed by atoms with Crippen LogP contribution in [0.2, 0.25) is 0 Å². The van der Waals surface area contributed by atoms with E-state index in [0.29, 0.717) is 34.5 Å². The Morgan fingerprint density at radius 3 is 2.31 bits per heavy atom. The maximum absolute atomic E-state index is 13.6. The molecule has 0 spiro atoms. The van der Waals surface area contributed by atoms with Crippen molar-refractivity contribution in [2.45, 2.75) is 19.3 Å². The van der Waals surface area contributed by atoms with Crippen LogP contribution in [-0.4, -0.2) is 35.2 Å². The van der Waals surface area contributed by atoms with Crippen LogP contribution in [0.25, 0.3) is 33.5 Å². The third-order valence-corrected chi connectivity index (χ3v) is 6.05. The van der Waals surface area contributed by atoms with Gasteiger partial charge in [0, 0.05) is 41.6 Å². The highest BCUT2D eigenvalue weighted by molar-refractivity contribution is 5.98. The van der Waals surface area contributed by atoms with Gasteiger partial charge in [0.05, 0.1) is 29.5 Å². The van der Waals surface area contributed by atoms with E-state index in [1.54, 1.807) is 37.4 Å². The summed E-state index contributed by atoms with van der Waals surface area (Å²) < 4.78 is 18.9. The Morgan fingerprint density at radius 2 is 1.64 bits per heavy atom. The summed E-state index contributed by atoms with van der Waals surface area (Å²) in [6.45, 7) is 0.572. The van der Waals surface area contributed by atoms with Crippen LogP contribution in [0.3, 0.4) is 0 Å². The minimum atomic E-state index is -0.318. The monoisotopic (exact) mass is 480 g/mol. The van der Waals surface area contributed by atoms with E-state index in [4.69, 9.17) is 14.7 Å². The van der Waals surface area contributed by atoms with E-state index in [2.05, 4.69) is 10.3 Å². The lowest BCUT2D eigenvalue weighted by atomic mass is 10.0. The first-order valence-electron chi connectivity index (χ1n) is 11.8. The van der Waals surface area contributed by atoms with E-state index in [1.165, 1.54) is 12.1 Å². The van der Waals surface area contributed by atoms with Crippen molar-refractivity contribution in [3.05, 3.63) is 90.4 Å². The van der Waals surface area contributed by atoms with Gasteiger partial charge in [0.2, 0.25) is 0 Å². The number of nitrogens with zero attached hydrogens (tertiary/aromatic N) is 3. The number of benzene rings is 3. The molecule has 0 radical (unpaired) electrons. The summed E-state index contributed by atoms with van der Waals surface area (Å²) in [5.41, 5.74) is 5.78. The summed E-state index contributed by atoms with van der Waals surface area (Å²) in [6, 6.07) is 19.0. The molecule has 1 aromatic heterocycles. The van der Waals surface area contributed by atoms with Crippen LogP contribution >= 0.6 is 0 Å². The first-order chi connectivity index (χ1) is 17.6. The molecule has 0 aliphatic carbocycles. The molecule has 0 unspecified atom stereocenters. The van der Waals surface area contributed by atoms with Gasteiger partial charge < -0.3 is 10.1 Å². The lowest BCUT2D eigenvalue weighted by Crippen LogP contribution is -2.24. The number of carbonyl (C=O) groups is 1. The second kappa shape index (κ2) is 10.5. The average Bonchev–Trinajstić information content (AvgIpc) is 3.44. The summed E-state index contributed by atoms with van der Waals surface area (Å²) in [6.07, 6.45) is 6.46.